The van der Waals surface area contributed by atoms with E-state index < -0.39 is 0 Å². The average molecular weight is 356 g/mol. The van der Waals surface area contributed by atoms with Crippen LogP contribution in [0, 0.1) is 0 Å². The number of nitrogens with one attached hydrogen (secondary N) is 2. The standard InChI is InChI=1S/C20H28N4O2/c1-4-13-22-20(21-5-2)24-15-16-11-12-19(23-14-16)26-18-10-8-7-9-17(18)25-6-3/h7-12,14H,4-6,13,15H2,1-3H3,(H2,21,22,24). The first-order valence-corrected chi connectivity index (χ1v) is 9.13. The van der Waals surface area contributed by atoms with Crippen molar-refractivity contribution < 1.29 is 9.47 Å². The number of guanidine groups is 1. The molecule has 0 fully saturated rings. The summed E-state index contributed by atoms with van der Waals surface area (Å²) in [5.74, 6) is 2.72. The van der Waals surface area contributed by atoms with Crippen LogP contribution in [0.5, 0.6) is 17.4 Å². The molecular formula is C20H28N4O2. The summed E-state index contributed by atoms with van der Waals surface area (Å²) in [6.45, 7) is 9.00. The third-order valence-electron chi connectivity index (χ3n) is 3.47. The van der Waals surface area contributed by atoms with Crippen LogP contribution in [0.1, 0.15) is 32.8 Å². The van der Waals surface area contributed by atoms with Gasteiger partial charge in [-0.15, -0.1) is 0 Å². The van der Waals surface area contributed by atoms with Crippen molar-refractivity contribution >= 4 is 5.96 Å². The Bertz CT molecular complexity index is 686. The van der Waals surface area contributed by atoms with Crippen LogP contribution in [0.15, 0.2) is 47.6 Å². The van der Waals surface area contributed by atoms with Gasteiger partial charge in [-0.1, -0.05) is 25.1 Å². The van der Waals surface area contributed by atoms with Gasteiger partial charge in [0, 0.05) is 25.4 Å². The van der Waals surface area contributed by atoms with E-state index in [-0.39, 0.29) is 0 Å². The number of nitrogens with zero attached hydrogens (tertiary/aromatic N) is 2. The van der Waals surface area contributed by atoms with Gasteiger partial charge < -0.3 is 20.1 Å². The van der Waals surface area contributed by atoms with Crippen molar-refractivity contribution in [1.29, 1.82) is 0 Å². The predicted molar refractivity (Wildman–Crippen MR) is 105 cm³/mol. The van der Waals surface area contributed by atoms with Gasteiger partial charge in [0.1, 0.15) is 0 Å². The van der Waals surface area contributed by atoms with Gasteiger partial charge in [0.2, 0.25) is 5.88 Å². The van der Waals surface area contributed by atoms with Crippen molar-refractivity contribution in [2.75, 3.05) is 19.7 Å². The number of aliphatic imine (C=N–C) groups is 1. The van der Waals surface area contributed by atoms with Crippen molar-refractivity contribution in [1.82, 2.24) is 15.6 Å². The third-order valence-corrected chi connectivity index (χ3v) is 3.47. The van der Waals surface area contributed by atoms with Crippen LogP contribution in [0.4, 0.5) is 0 Å². The SMILES string of the molecule is CCCNC(=NCc1ccc(Oc2ccccc2OCC)nc1)NCC. The summed E-state index contributed by atoms with van der Waals surface area (Å²) < 4.78 is 11.4. The van der Waals surface area contributed by atoms with E-state index in [9.17, 15) is 0 Å². The van der Waals surface area contributed by atoms with Crippen molar-refractivity contribution in [3.8, 4) is 17.4 Å². The fraction of sp³-hybridized carbons (Fsp3) is 0.400. The second kappa shape index (κ2) is 11.0. The van der Waals surface area contributed by atoms with Gasteiger partial charge in [-0.2, -0.15) is 0 Å². The van der Waals surface area contributed by atoms with Gasteiger partial charge in [-0.25, -0.2) is 9.98 Å². The lowest BCUT2D eigenvalue weighted by Crippen LogP contribution is -2.37. The van der Waals surface area contributed by atoms with Crippen LogP contribution in [0.25, 0.3) is 0 Å². The maximum absolute atomic E-state index is 5.84. The lowest BCUT2D eigenvalue weighted by Gasteiger charge is -2.11. The zero-order valence-corrected chi connectivity index (χ0v) is 15.8. The Kier molecular flexibility index (Phi) is 8.26. The molecule has 6 heteroatoms. The second-order valence-corrected chi connectivity index (χ2v) is 5.61. The van der Waals surface area contributed by atoms with Gasteiger partial charge >= 0.3 is 0 Å². The highest BCUT2D eigenvalue weighted by molar-refractivity contribution is 5.79. The summed E-state index contributed by atoms with van der Waals surface area (Å²) >= 11 is 0. The van der Waals surface area contributed by atoms with Gasteiger partial charge in [-0.3, -0.25) is 0 Å². The maximum atomic E-state index is 5.84. The van der Waals surface area contributed by atoms with Gasteiger partial charge in [0.05, 0.1) is 13.2 Å². The molecule has 0 unspecified atom stereocenters. The van der Waals surface area contributed by atoms with Crippen LogP contribution in [-0.2, 0) is 6.54 Å². The van der Waals surface area contributed by atoms with E-state index in [1.165, 1.54) is 0 Å². The first-order valence-electron chi connectivity index (χ1n) is 9.13. The topological polar surface area (TPSA) is 67.8 Å². The molecule has 140 valence electrons. The minimum absolute atomic E-state index is 0.529. The number of ether oxygens (including phenoxy) is 2. The van der Waals surface area contributed by atoms with Crippen LogP contribution < -0.4 is 20.1 Å². The lowest BCUT2D eigenvalue weighted by molar-refractivity contribution is 0.319. The maximum Gasteiger partial charge on any atom is 0.219 e. The number of hydrogen-bond donors (Lipinski definition) is 2. The lowest BCUT2D eigenvalue weighted by atomic mass is 10.3. The molecule has 0 aliphatic rings. The monoisotopic (exact) mass is 356 g/mol. The molecule has 0 bridgehead atoms. The molecule has 0 aliphatic heterocycles. The smallest absolute Gasteiger partial charge is 0.219 e. The van der Waals surface area contributed by atoms with E-state index in [1.54, 1.807) is 6.20 Å². The number of pyridine rings is 1. The Labute approximate surface area is 155 Å². The molecule has 0 atom stereocenters. The molecule has 2 N–H and O–H groups in total. The highest BCUT2D eigenvalue weighted by Gasteiger charge is 2.06. The van der Waals surface area contributed by atoms with Crippen molar-refractivity contribution in [2.45, 2.75) is 33.7 Å². The van der Waals surface area contributed by atoms with Crippen LogP contribution in [0.2, 0.25) is 0 Å². The molecule has 1 heterocycles. The molecule has 26 heavy (non-hydrogen) atoms. The third kappa shape index (κ3) is 6.27. The fourth-order valence-corrected chi connectivity index (χ4v) is 2.24. The Morgan fingerprint density at radius 3 is 2.50 bits per heavy atom. The second-order valence-electron chi connectivity index (χ2n) is 5.61. The molecule has 0 saturated heterocycles. The Morgan fingerprint density at radius 2 is 1.85 bits per heavy atom. The summed E-state index contributed by atoms with van der Waals surface area (Å²) in [6, 6.07) is 11.4. The number of aromatic nitrogens is 1. The summed E-state index contributed by atoms with van der Waals surface area (Å²) in [7, 11) is 0. The minimum Gasteiger partial charge on any atom is -0.490 e. The largest absolute Gasteiger partial charge is 0.490 e. The molecule has 1 aromatic heterocycles. The zero-order valence-electron chi connectivity index (χ0n) is 15.8. The Morgan fingerprint density at radius 1 is 1.04 bits per heavy atom. The first-order chi connectivity index (χ1) is 12.8. The first kappa shape index (κ1) is 19.6. The van der Waals surface area contributed by atoms with Gasteiger partial charge in [0.15, 0.2) is 17.5 Å². The number of benzene rings is 1. The number of para-hydroxylation sites is 2. The Hall–Kier alpha value is -2.76. The molecule has 1 aromatic carbocycles. The molecule has 0 saturated carbocycles. The van der Waals surface area contributed by atoms with E-state index in [2.05, 4.69) is 34.5 Å². The molecular weight excluding hydrogens is 328 g/mol. The summed E-state index contributed by atoms with van der Waals surface area (Å²) in [4.78, 5) is 8.94. The molecule has 2 aromatic rings. The number of hydrogen-bond acceptors (Lipinski definition) is 4. The predicted octanol–water partition coefficient (Wildman–Crippen LogP) is 3.74. The Balaban J connectivity index is 1.99. The molecule has 6 nitrogen and oxygen atoms in total. The van der Waals surface area contributed by atoms with E-state index in [0.29, 0.717) is 30.5 Å². The normalized spacial score (nSPS) is 11.1. The quantitative estimate of drug-likeness (QED) is 0.529. The van der Waals surface area contributed by atoms with Crippen LogP contribution in [-0.4, -0.2) is 30.6 Å². The number of rotatable bonds is 9. The highest BCUT2D eigenvalue weighted by Crippen LogP contribution is 2.30. The van der Waals surface area contributed by atoms with Crippen molar-refractivity contribution in [2.24, 2.45) is 4.99 Å². The van der Waals surface area contributed by atoms with E-state index >= 15 is 0 Å². The van der Waals surface area contributed by atoms with Crippen LogP contribution in [0.3, 0.4) is 0 Å². The minimum atomic E-state index is 0.529. The summed E-state index contributed by atoms with van der Waals surface area (Å²) in [5, 5.41) is 6.51. The van der Waals surface area contributed by atoms with E-state index in [1.807, 2.05) is 43.3 Å². The van der Waals surface area contributed by atoms with Gasteiger partial charge in [-0.05, 0) is 38.0 Å². The molecule has 2 rings (SSSR count). The molecule has 0 radical (unpaired) electrons. The van der Waals surface area contributed by atoms with E-state index in [0.717, 1.165) is 31.0 Å². The zero-order chi connectivity index (χ0) is 18.6. The molecule has 0 spiro atoms. The fourth-order valence-electron chi connectivity index (χ4n) is 2.24. The summed E-state index contributed by atoms with van der Waals surface area (Å²) in [5.41, 5.74) is 1.02. The molecule has 0 aliphatic carbocycles. The van der Waals surface area contributed by atoms with Crippen molar-refractivity contribution in [3.63, 3.8) is 0 Å². The highest BCUT2D eigenvalue weighted by atomic mass is 16.5. The van der Waals surface area contributed by atoms with Crippen molar-refractivity contribution in [3.05, 3.63) is 48.2 Å². The van der Waals surface area contributed by atoms with Gasteiger partial charge in [0.25, 0.3) is 0 Å². The molecule has 0 amide bonds. The van der Waals surface area contributed by atoms with E-state index in [4.69, 9.17) is 9.47 Å². The average Bonchev–Trinajstić information content (AvgIpc) is 2.67. The van der Waals surface area contributed by atoms with Crippen LogP contribution >= 0.6 is 0 Å². The summed E-state index contributed by atoms with van der Waals surface area (Å²) in [6.07, 6.45) is 2.84.